The Morgan fingerprint density at radius 2 is 2.33 bits per heavy atom. The number of rotatable bonds is 2. The molecular weight excluding hydrogens is 150 g/mol. The molecule has 0 unspecified atom stereocenters. The molecule has 0 atom stereocenters. The molecule has 3 nitrogen and oxygen atoms in total. The molecule has 1 aliphatic rings. The molecule has 1 aliphatic carbocycles. The first-order valence-electron chi connectivity index (χ1n) is 4.32. The van der Waals surface area contributed by atoms with E-state index in [1.54, 1.807) is 12.4 Å². The number of nitrogens with zero attached hydrogens (tertiary/aromatic N) is 1. The third kappa shape index (κ3) is 1.35. The molecule has 0 aromatic carbocycles. The largest absolute Gasteiger partial charge is 0.396 e. The topological polar surface area (TPSA) is 50.9 Å². The summed E-state index contributed by atoms with van der Waals surface area (Å²) < 4.78 is 0. The first kappa shape index (κ1) is 7.40. The van der Waals surface area contributed by atoms with Crippen LogP contribution in [0.3, 0.4) is 0 Å². The lowest BCUT2D eigenvalue weighted by Gasteiger charge is -2.27. The third-order valence-corrected chi connectivity index (χ3v) is 2.32. The zero-order valence-corrected chi connectivity index (χ0v) is 6.96. The molecule has 0 amide bonds. The van der Waals surface area contributed by atoms with Crippen LogP contribution in [-0.2, 0) is 0 Å². The highest BCUT2D eigenvalue weighted by molar-refractivity contribution is 5.64. The number of hydrogen-bond donors (Lipinski definition) is 2. The molecule has 3 heteroatoms. The lowest BCUT2D eigenvalue weighted by Crippen LogP contribution is -2.27. The molecule has 0 spiro atoms. The maximum Gasteiger partial charge on any atom is 0.0736 e. The number of nitrogens with two attached hydrogens (primary N) is 1. The SMILES string of the molecule is Nc1cnccc1NC1CCC1. The van der Waals surface area contributed by atoms with Gasteiger partial charge in [0.1, 0.15) is 0 Å². The number of nitrogen functional groups attached to an aromatic ring is 1. The van der Waals surface area contributed by atoms with Crippen LogP contribution in [0.25, 0.3) is 0 Å². The molecule has 0 radical (unpaired) electrons. The Bertz CT molecular complexity index is 268. The van der Waals surface area contributed by atoms with E-state index in [4.69, 9.17) is 5.73 Å². The molecule has 1 heterocycles. The van der Waals surface area contributed by atoms with Crippen molar-refractivity contribution in [1.29, 1.82) is 0 Å². The summed E-state index contributed by atoms with van der Waals surface area (Å²) in [5, 5.41) is 3.38. The van der Waals surface area contributed by atoms with Crippen LogP contribution in [0.1, 0.15) is 19.3 Å². The maximum atomic E-state index is 5.72. The summed E-state index contributed by atoms with van der Waals surface area (Å²) in [4.78, 5) is 3.93. The van der Waals surface area contributed by atoms with Gasteiger partial charge in [0.2, 0.25) is 0 Å². The Morgan fingerprint density at radius 1 is 1.50 bits per heavy atom. The summed E-state index contributed by atoms with van der Waals surface area (Å²) in [6, 6.07) is 2.56. The van der Waals surface area contributed by atoms with E-state index in [1.807, 2.05) is 6.07 Å². The average Bonchev–Trinajstić information content (AvgIpc) is 2.00. The predicted octanol–water partition coefficient (Wildman–Crippen LogP) is 1.63. The number of nitrogens with one attached hydrogen (secondary N) is 1. The summed E-state index contributed by atoms with van der Waals surface area (Å²) in [5.41, 5.74) is 7.49. The second-order valence-electron chi connectivity index (χ2n) is 3.24. The first-order valence-corrected chi connectivity index (χ1v) is 4.32. The first-order chi connectivity index (χ1) is 5.86. The zero-order chi connectivity index (χ0) is 8.39. The van der Waals surface area contributed by atoms with Crippen LogP contribution in [-0.4, -0.2) is 11.0 Å². The fourth-order valence-electron chi connectivity index (χ4n) is 1.31. The van der Waals surface area contributed by atoms with E-state index in [1.165, 1.54) is 19.3 Å². The Labute approximate surface area is 72.0 Å². The minimum atomic E-state index is 0.634. The lowest BCUT2D eigenvalue weighted by molar-refractivity contribution is 0.445. The van der Waals surface area contributed by atoms with Gasteiger partial charge in [-0.25, -0.2) is 0 Å². The van der Waals surface area contributed by atoms with Gasteiger partial charge in [-0.15, -0.1) is 0 Å². The molecule has 1 saturated carbocycles. The van der Waals surface area contributed by atoms with Gasteiger partial charge in [-0.1, -0.05) is 0 Å². The van der Waals surface area contributed by atoms with E-state index >= 15 is 0 Å². The van der Waals surface area contributed by atoms with Gasteiger partial charge in [0.25, 0.3) is 0 Å². The van der Waals surface area contributed by atoms with Crippen LogP contribution in [0, 0.1) is 0 Å². The Hall–Kier alpha value is -1.25. The van der Waals surface area contributed by atoms with Crippen molar-refractivity contribution in [2.45, 2.75) is 25.3 Å². The summed E-state index contributed by atoms with van der Waals surface area (Å²) in [6.07, 6.45) is 7.31. The van der Waals surface area contributed by atoms with Crippen LogP contribution >= 0.6 is 0 Å². The minimum absolute atomic E-state index is 0.634. The second kappa shape index (κ2) is 3.01. The number of aromatic nitrogens is 1. The smallest absolute Gasteiger partial charge is 0.0736 e. The van der Waals surface area contributed by atoms with Gasteiger partial charge in [-0.2, -0.15) is 0 Å². The van der Waals surface area contributed by atoms with Gasteiger partial charge < -0.3 is 11.1 Å². The van der Waals surface area contributed by atoms with Crippen molar-refractivity contribution >= 4 is 11.4 Å². The van der Waals surface area contributed by atoms with Gasteiger partial charge in [0.05, 0.1) is 17.6 Å². The van der Waals surface area contributed by atoms with Gasteiger partial charge in [-0.05, 0) is 25.3 Å². The van der Waals surface area contributed by atoms with Crippen molar-refractivity contribution in [1.82, 2.24) is 4.98 Å². The second-order valence-corrected chi connectivity index (χ2v) is 3.24. The monoisotopic (exact) mass is 163 g/mol. The number of anilines is 2. The van der Waals surface area contributed by atoms with E-state index in [9.17, 15) is 0 Å². The van der Waals surface area contributed by atoms with Crippen LogP contribution in [0.2, 0.25) is 0 Å². The molecule has 3 N–H and O–H groups in total. The number of hydrogen-bond acceptors (Lipinski definition) is 3. The highest BCUT2D eigenvalue weighted by Crippen LogP contribution is 2.25. The van der Waals surface area contributed by atoms with Crippen LogP contribution in [0.15, 0.2) is 18.5 Å². The minimum Gasteiger partial charge on any atom is -0.396 e. The van der Waals surface area contributed by atoms with E-state index in [2.05, 4.69) is 10.3 Å². The molecular formula is C9H13N3. The molecule has 1 aromatic heterocycles. The lowest BCUT2D eigenvalue weighted by atomic mass is 9.93. The molecule has 64 valence electrons. The summed E-state index contributed by atoms with van der Waals surface area (Å²) >= 11 is 0. The van der Waals surface area contributed by atoms with Gasteiger partial charge >= 0.3 is 0 Å². The molecule has 1 fully saturated rings. The fraction of sp³-hybridized carbons (Fsp3) is 0.444. The zero-order valence-electron chi connectivity index (χ0n) is 6.96. The molecule has 0 saturated heterocycles. The van der Waals surface area contributed by atoms with Crippen molar-refractivity contribution in [2.24, 2.45) is 0 Å². The quantitative estimate of drug-likeness (QED) is 0.696. The van der Waals surface area contributed by atoms with Crippen molar-refractivity contribution < 1.29 is 0 Å². The highest BCUT2D eigenvalue weighted by atomic mass is 15.0. The molecule has 0 bridgehead atoms. The maximum absolute atomic E-state index is 5.72. The molecule has 12 heavy (non-hydrogen) atoms. The van der Waals surface area contributed by atoms with E-state index in [0.717, 1.165) is 11.4 Å². The van der Waals surface area contributed by atoms with Crippen LogP contribution in [0.4, 0.5) is 11.4 Å². The Balaban J connectivity index is 2.06. The average molecular weight is 163 g/mol. The summed E-state index contributed by atoms with van der Waals surface area (Å²) in [7, 11) is 0. The predicted molar refractivity (Wildman–Crippen MR) is 49.9 cm³/mol. The normalized spacial score (nSPS) is 17.0. The number of pyridine rings is 1. The Morgan fingerprint density at radius 3 is 2.92 bits per heavy atom. The highest BCUT2D eigenvalue weighted by Gasteiger charge is 2.17. The van der Waals surface area contributed by atoms with Gasteiger partial charge in [0, 0.05) is 12.2 Å². The van der Waals surface area contributed by atoms with E-state index in [0.29, 0.717) is 6.04 Å². The van der Waals surface area contributed by atoms with Gasteiger partial charge in [-0.3, -0.25) is 4.98 Å². The van der Waals surface area contributed by atoms with E-state index in [-0.39, 0.29) is 0 Å². The molecule has 2 rings (SSSR count). The fourth-order valence-corrected chi connectivity index (χ4v) is 1.31. The van der Waals surface area contributed by atoms with Crippen molar-refractivity contribution in [2.75, 3.05) is 11.1 Å². The summed E-state index contributed by atoms with van der Waals surface area (Å²) in [5.74, 6) is 0. The van der Waals surface area contributed by atoms with E-state index < -0.39 is 0 Å². The third-order valence-electron chi connectivity index (χ3n) is 2.32. The van der Waals surface area contributed by atoms with Crippen LogP contribution in [0.5, 0.6) is 0 Å². The van der Waals surface area contributed by atoms with Crippen LogP contribution < -0.4 is 11.1 Å². The van der Waals surface area contributed by atoms with Gasteiger partial charge in [0.15, 0.2) is 0 Å². The van der Waals surface area contributed by atoms with Crippen molar-refractivity contribution in [3.05, 3.63) is 18.5 Å². The molecule has 1 aromatic rings. The van der Waals surface area contributed by atoms with Crippen molar-refractivity contribution in [3.63, 3.8) is 0 Å². The standard InChI is InChI=1S/C9H13N3/c10-8-6-11-5-4-9(8)12-7-2-1-3-7/h4-7H,1-3,10H2,(H,11,12). The molecule has 0 aliphatic heterocycles. The Kier molecular flexibility index (Phi) is 1.86. The van der Waals surface area contributed by atoms with Crippen molar-refractivity contribution in [3.8, 4) is 0 Å². The summed E-state index contributed by atoms with van der Waals surface area (Å²) in [6.45, 7) is 0.